The predicted molar refractivity (Wildman–Crippen MR) is 108 cm³/mol. The van der Waals surface area contributed by atoms with Crippen molar-refractivity contribution in [2.75, 3.05) is 12.3 Å². The van der Waals surface area contributed by atoms with Crippen molar-refractivity contribution in [1.29, 1.82) is 0 Å². The Morgan fingerprint density at radius 3 is 2.48 bits per heavy atom. The molecule has 140 valence electrons. The van der Waals surface area contributed by atoms with Crippen LogP contribution < -0.4 is 5.32 Å². The van der Waals surface area contributed by atoms with Crippen molar-refractivity contribution in [2.24, 2.45) is 0 Å². The molecule has 1 heterocycles. The molecule has 0 spiro atoms. The van der Waals surface area contributed by atoms with Gasteiger partial charge >= 0.3 is 0 Å². The SMILES string of the molecule is O=C(NCCCS(=O)(=O)c1ccccc1)c1csc(-c2ccc(Cl)cc2)n1. The van der Waals surface area contributed by atoms with E-state index in [1.165, 1.54) is 11.3 Å². The van der Waals surface area contributed by atoms with Crippen LogP contribution in [0.4, 0.5) is 0 Å². The number of hydrogen-bond donors (Lipinski definition) is 1. The third-order valence-corrected chi connectivity index (χ3v) is 6.77. The van der Waals surface area contributed by atoms with E-state index in [-0.39, 0.29) is 18.2 Å². The zero-order chi connectivity index (χ0) is 19.3. The Hall–Kier alpha value is -2.22. The maximum atomic E-state index is 12.2. The van der Waals surface area contributed by atoms with Gasteiger partial charge in [0.15, 0.2) is 9.84 Å². The van der Waals surface area contributed by atoms with Crippen molar-refractivity contribution < 1.29 is 13.2 Å². The maximum Gasteiger partial charge on any atom is 0.270 e. The Bertz CT molecular complexity index is 1020. The van der Waals surface area contributed by atoms with E-state index in [4.69, 9.17) is 11.6 Å². The minimum Gasteiger partial charge on any atom is -0.351 e. The summed E-state index contributed by atoms with van der Waals surface area (Å²) in [6.45, 7) is 0.263. The lowest BCUT2D eigenvalue weighted by molar-refractivity contribution is 0.0949. The van der Waals surface area contributed by atoms with Crippen LogP contribution in [0.1, 0.15) is 16.9 Å². The van der Waals surface area contributed by atoms with Gasteiger partial charge in [0.2, 0.25) is 0 Å². The molecule has 0 aliphatic heterocycles. The van der Waals surface area contributed by atoms with E-state index in [0.29, 0.717) is 22.0 Å². The van der Waals surface area contributed by atoms with Crippen LogP contribution in [0.25, 0.3) is 10.6 Å². The molecule has 0 radical (unpaired) electrons. The molecular formula is C19H17ClN2O3S2. The lowest BCUT2D eigenvalue weighted by atomic mass is 10.2. The van der Waals surface area contributed by atoms with Crippen molar-refractivity contribution in [3.63, 3.8) is 0 Å². The van der Waals surface area contributed by atoms with Crippen LogP contribution in [0.2, 0.25) is 5.02 Å². The summed E-state index contributed by atoms with van der Waals surface area (Å²) in [4.78, 5) is 16.8. The minimum absolute atomic E-state index is 0.0234. The first-order chi connectivity index (χ1) is 13.0. The Labute approximate surface area is 167 Å². The molecule has 0 atom stereocenters. The monoisotopic (exact) mass is 420 g/mol. The highest BCUT2D eigenvalue weighted by molar-refractivity contribution is 7.91. The van der Waals surface area contributed by atoms with Gasteiger partial charge < -0.3 is 5.32 Å². The Morgan fingerprint density at radius 1 is 1.07 bits per heavy atom. The summed E-state index contributed by atoms with van der Waals surface area (Å²) in [5.74, 6) is -0.340. The molecule has 0 bridgehead atoms. The normalized spacial score (nSPS) is 11.3. The first-order valence-electron chi connectivity index (χ1n) is 8.23. The summed E-state index contributed by atoms with van der Waals surface area (Å²) in [5, 5.41) is 5.76. The lowest BCUT2D eigenvalue weighted by Crippen LogP contribution is -2.26. The second-order valence-corrected chi connectivity index (χ2v) is 9.19. The van der Waals surface area contributed by atoms with Gasteiger partial charge in [-0.05, 0) is 30.7 Å². The number of carbonyl (C=O) groups is 1. The zero-order valence-corrected chi connectivity index (χ0v) is 16.7. The number of amides is 1. The molecule has 5 nitrogen and oxygen atoms in total. The average molecular weight is 421 g/mol. The molecule has 1 amide bonds. The Balaban J connectivity index is 1.52. The number of benzene rings is 2. The molecule has 0 aliphatic carbocycles. The summed E-state index contributed by atoms with van der Waals surface area (Å²) in [6, 6.07) is 15.5. The third-order valence-electron chi connectivity index (χ3n) is 3.81. The minimum atomic E-state index is -3.33. The zero-order valence-electron chi connectivity index (χ0n) is 14.3. The number of sulfone groups is 1. The first kappa shape index (κ1) is 19.5. The molecule has 0 saturated heterocycles. The first-order valence-corrected chi connectivity index (χ1v) is 11.1. The largest absolute Gasteiger partial charge is 0.351 e. The quantitative estimate of drug-likeness (QED) is 0.585. The molecule has 3 rings (SSSR count). The molecule has 1 N–H and O–H groups in total. The molecule has 0 saturated carbocycles. The highest BCUT2D eigenvalue weighted by Gasteiger charge is 2.15. The van der Waals surface area contributed by atoms with Crippen molar-refractivity contribution in [3.8, 4) is 10.6 Å². The molecule has 1 aromatic heterocycles. The highest BCUT2D eigenvalue weighted by atomic mass is 35.5. The van der Waals surface area contributed by atoms with Gasteiger partial charge in [0, 0.05) is 22.5 Å². The van der Waals surface area contributed by atoms with Gasteiger partial charge in [-0.2, -0.15) is 0 Å². The molecule has 0 aliphatic rings. The van der Waals surface area contributed by atoms with E-state index in [2.05, 4.69) is 10.3 Å². The number of halogens is 1. The molecule has 3 aromatic rings. The van der Waals surface area contributed by atoms with Gasteiger partial charge in [0.1, 0.15) is 10.7 Å². The van der Waals surface area contributed by atoms with Gasteiger partial charge in [0.05, 0.1) is 10.6 Å². The van der Waals surface area contributed by atoms with Crippen LogP contribution in [-0.4, -0.2) is 31.6 Å². The van der Waals surface area contributed by atoms with Crippen molar-refractivity contribution in [1.82, 2.24) is 10.3 Å². The number of nitrogens with one attached hydrogen (secondary N) is 1. The predicted octanol–water partition coefficient (Wildman–Crippen LogP) is 4.06. The van der Waals surface area contributed by atoms with Crippen LogP contribution >= 0.6 is 22.9 Å². The van der Waals surface area contributed by atoms with Gasteiger partial charge in [-0.1, -0.05) is 41.9 Å². The fraction of sp³-hybridized carbons (Fsp3) is 0.158. The van der Waals surface area contributed by atoms with E-state index >= 15 is 0 Å². The van der Waals surface area contributed by atoms with Crippen LogP contribution in [0.5, 0.6) is 0 Å². The van der Waals surface area contributed by atoms with Gasteiger partial charge in [0.25, 0.3) is 5.91 Å². The van der Waals surface area contributed by atoms with E-state index < -0.39 is 9.84 Å². The lowest BCUT2D eigenvalue weighted by Gasteiger charge is -2.05. The van der Waals surface area contributed by atoms with Crippen molar-refractivity contribution in [2.45, 2.75) is 11.3 Å². The van der Waals surface area contributed by atoms with E-state index in [1.807, 2.05) is 12.1 Å². The molecule has 0 fully saturated rings. The van der Waals surface area contributed by atoms with Gasteiger partial charge in [-0.3, -0.25) is 4.79 Å². The standard InChI is InChI=1S/C19H17ClN2O3S2/c20-15-9-7-14(8-10-15)19-22-17(13-26-19)18(23)21-11-4-12-27(24,25)16-5-2-1-3-6-16/h1-3,5-10,13H,4,11-12H2,(H,21,23). The second-order valence-electron chi connectivity index (χ2n) is 5.79. The fourth-order valence-electron chi connectivity index (χ4n) is 2.40. The number of aromatic nitrogens is 1. The smallest absolute Gasteiger partial charge is 0.270 e. The molecule has 27 heavy (non-hydrogen) atoms. The van der Waals surface area contributed by atoms with Crippen LogP contribution in [0, 0.1) is 0 Å². The van der Waals surface area contributed by atoms with Crippen LogP contribution in [0.3, 0.4) is 0 Å². The number of thiazole rings is 1. The molecule has 2 aromatic carbocycles. The summed E-state index contributed by atoms with van der Waals surface area (Å²) in [5.41, 5.74) is 1.20. The molecule has 0 unspecified atom stereocenters. The van der Waals surface area contributed by atoms with Crippen molar-refractivity contribution >= 4 is 38.7 Å². The summed E-state index contributed by atoms with van der Waals surface area (Å²) < 4.78 is 24.4. The number of rotatable bonds is 7. The summed E-state index contributed by atoms with van der Waals surface area (Å²) >= 11 is 7.24. The van der Waals surface area contributed by atoms with Gasteiger partial charge in [-0.25, -0.2) is 13.4 Å². The molecule has 8 heteroatoms. The Morgan fingerprint density at radius 2 is 1.78 bits per heavy atom. The van der Waals surface area contributed by atoms with E-state index in [0.717, 1.165) is 10.6 Å². The third kappa shape index (κ3) is 5.15. The van der Waals surface area contributed by atoms with E-state index in [1.54, 1.807) is 47.8 Å². The van der Waals surface area contributed by atoms with Crippen molar-refractivity contribution in [3.05, 3.63) is 70.7 Å². The number of hydrogen-bond acceptors (Lipinski definition) is 5. The second kappa shape index (κ2) is 8.65. The molecular weight excluding hydrogens is 404 g/mol. The Kier molecular flexibility index (Phi) is 6.26. The van der Waals surface area contributed by atoms with E-state index in [9.17, 15) is 13.2 Å². The highest BCUT2D eigenvalue weighted by Crippen LogP contribution is 2.25. The summed E-state index contributed by atoms with van der Waals surface area (Å²) in [6.07, 6.45) is 0.331. The number of carbonyl (C=O) groups excluding carboxylic acids is 1. The van der Waals surface area contributed by atoms with Crippen LogP contribution in [-0.2, 0) is 9.84 Å². The van der Waals surface area contributed by atoms with Crippen LogP contribution in [0.15, 0.2) is 64.9 Å². The summed E-state index contributed by atoms with van der Waals surface area (Å²) in [7, 11) is -3.33. The fourth-order valence-corrected chi connectivity index (χ4v) is 4.67. The maximum absolute atomic E-state index is 12.2. The average Bonchev–Trinajstić information content (AvgIpc) is 3.17. The van der Waals surface area contributed by atoms with Gasteiger partial charge in [-0.15, -0.1) is 11.3 Å². The topological polar surface area (TPSA) is 76.1 Å². The number of nitrogens with zero attached hydrogens (tertiary/aromatic N) is 1.